The zero-order valence-electron chi connectivity index (χ0n) is 5.58. The van der Waals surface area contributed by atoms with Gasteiger partial charge in [0.2, 0.25) is 0 Å². The molecule has 0 aromatic carbocycles. The maximum atomic E-state index is 10.2. The van der Waals surface area contributed by atoms with Crippen LogP contribution in [-0.2, 0) is 4.79 Å². The predicted molar refractivity (Wildman–Crippen MR) is 35.0 cm³/mol. The van der Waals surface area contributed by atoms with Gasteiger partial charge < -0.3 is 10.8 Å². The number of carboxylic acids is 1. The van der Waals surface area contributed by atoms with Gasteiger partial charge in [0.05, 0.1) is 6.07 Å². The fourth-order valence-corrected chi connectivity index (χ4v) is 0.565. The number of nitrogens with two attached hydrogens (primary N) is 1. The molecule has 0 heterocycles. The summed E-state index contributed by atoms with van der Waals surface area (Å²) in [6, 6.07) is 1.68. The third-order valence-corrected chi connectivity index (χ3v) is 1.15. The van der Waals surface area contributed by atoms with Crippen LogP contribution in [0.1, 0.15) is 12.8 Å². The van der Waals surface area contributed by atoms with Gasteiger partial charge in [-0.05, 0) is 19.4 Å². The number of nitriles is 1. The van der Waals surface area contributed by atoms with Crippen molar-refractivity contribution < 1.29 is 9.90 Å². The molecule has 0 aromatic rings. The summed E-state index contributed by atoms with van der Waals surface area (Å²) in [5.74, 6) is -1.94. The molecule has 0 aliphatic rings. The summed E-state index contributed by atoms with van der Waals surface area (Å²) in [5.41, 5.74) is 5.13. The van der Waals surface area contributed by atoms with Gasteiger partial charge in [-0.3, -0.25) is 4.79 Å². The van der Waals surface area contributed by atoms with E-state index in [9.17, 15) is 4.79 Å². The van der Waals surface area contributed by atoms with E-state index in [-0.39, 0.29) is 0 Å². The van der Waals surface area contributed by atoms with E-state index < -0.39 is 11.9 Å². The third kappa shape index (κ3) is 3.05. The lowest BCUT2D eigenvalue weighted by molar-refractivity contribution is -0.139. The molecule has 0 radical (unpaired) electrons. The Bertz CT molecular complexity index is 150. The highest BCUT2D eigenvalue weighted by atomic mass is 16.4. The smallest absolute Gasteiger partial charge is 0.320 e. The summed E-state index contributed by atoms with van der Waals surface area (Å²) in [5, 5.41) is 16.6. The Labute approximate surface area is 59.3 Å². The number of carbonyl (C=O) groups is 1. The average molecular weight is 142 g/mol. The number of aliphatic carboxylic acids is 1. The molecule has 0 amide bonds. The van der Waals surface area contributed by atoms with Crippen LogP contribution in [-0.4, -0.2) is 17.6 Å². The molecule has 0 aromatic heterocycles. The first kappa shape index (κ1) is 8.92. The van der Waals surface area contributed by atoms with Crippen molar-refractivity contribution in [1.82, 2.24) is 0 Å². The molecule has 0 aliphatic carbocycles. The van der Waals surface area contributed by atoms with Crippen LogP contribution in [0, 0.1) is 17.2 Å². The molecule has 3 N–H and O–H groups in total. The highest BCUT2D eigenvalue weighted by Crippen LogP contribution is 2.03. The normalized spacial score (nSPS) is 12.0. The van der Waals surface area contributed by atoms with Crippen molar-refractivity contribution in [2.75, 3.05) is 6.54 Å². The first-order valence-electron chi connectivity index (χ1n) is 3.05. The monoisotopic (exact) mass is 142 g/mol. The van der Waals surface area contributed by atoms with E-state index in [2.05, 4.69) is 0 Å². The van der Waals surface area contributed by atoms with Crippen LogP contribution in [0.4, 0.5) is 0 Å². The third-order valence-electron chi connectivity index (χ3n) is 1.15. The Hall–Kier alpha value is -1.08. The molecule has 0 spiro atoms. The Morgan fingerprint density at radius 3 is 2.70 bits per heavy atom. The highest BCUT2D eigenvalue weighted by molar-refractivity contribution is 5.72. The first-order valence-corrected chi connectivity index (χ1v) is 3.05. The van der Waals surface area contributed by atoms with Crippen LogP contribution < -0.4 is 5.73 Å². The van der Waals surface area contributed by atoms with E-state index in [0.29, 0.717) is 19.4 Å². The van der Waals surface area contributed by atoms with Crippen LogP contribution in [0.5, 0.6) is 0 Å². The zero-order valence-corrected chi connectivity index (χ0v) is 5.58. The Kier molecular flexibility index (Phi) is 4.25. The van der Waals surface area contributed by atoms with Gasteiger partial charge in [-0.15, -0.1) is 0 Å². The fourth-order valence-electron chi connectivity index (χ4n) is 0.565. The molecular weight excluding hydrogens is 132 g/mol. The minimum atomic E-state index is -1.06. The molecule has 0 saturated carbocycles. The topological polar surface area (TPSA) is 87.1 Å². The van der Waals surface area contributed by atoms with Crippen LogP contribution in [0.2, 0.25) is 0 Å². The summed E-state index contributed by atoms with van der Waals surface area (Å²) >= 11 is 0. The predicted octanol–water partition coefficient (Wildman–Crippen LogP) is -0.0503. The van der Waals surface area contributed by atoms with Crippen molar-refractivity contribution in [2.24, 2.45) is 11.7 Å². The highest BCUT2D eigenvalue weighted by Gasteiger charge is 2.14. The summed E-state index contributed by atoms with van der Waals surface area (Å²) in [6.07, 6.45) is 0.937. The van der Waals surface area contributed by atoms with Crippen molar-refractivity contribution in [1.29, 1.82) is 5.26 Å². The van der Waals surface area contributed by atoms with E-state index in [1.54, 1.807) is 6.07 Å². The maximum Gasteiger partial charge on any atom is 0.320 e. The molecule has 1 atom stereocenters. The summed E-state index contributed by atoms with van der Waals surface area (Å²) in [6.45, 7) is 0.436. The number of nitrogens with zero attached hydrogens (tertiary/aromatic N) is 1. The lowest BCUT2D eigenvalue weighted by Gasteiger charge is -1.99. The lowest BCUT2D eigenvalue weighted by atomic mass is 10.1. The van der Waals surface area contributed by atoms with Gasteiger partial charge in [-0.1, -0.05) is 0 Å². The zero-order chi connectivity index (χ0) is 7.98. The maximum absolute atomic E-state index is 10.2. The second-order valence-electron chi connectivity index (χ2n) is 1.95. The van der Waals surface area contributed by atoms with Crippen LogP contribution >= 0.6 is 0 Å². The molecular formula is C6H10N2O2. The second kappa shape index (κ2) is 4.77. The van der Waals surface area contributed by atoms with Crippen molar-refractivity contribution in [2.45, 2.75) is 12.8 Å². The van der Waals surface area contributed by atoms with Gasteiger partial charge in [0.25, 0.3) is 0 Å². The molecule has 10 heavy (non-hydrogen) atoms. The van der Waals surface area contributed by atoms with E-state index in [1.165, 1.54) is 0 Å². The van der Waals surface area contributed by atoms with E-state index >= 15 is 0 Å². The van der Waals surface area contributed by atoms with Crippen molar-refractivity contribution >= 4 is 5.97 Å². The van der Waals surface area contributed by atoms with Crippen LogP contribution in [0.15, 0.2) is 0 Å². The fraction of sp³-hybridized carbons (Fsp3) is 0.667. The average Bonchev–Trinajstić information content (AvgIpc) is 1.89. The molecule has 0 rings (SSSR count). The summed E-state index contributed by atoms with van der Waals surface area (Å²) in [7, 11) is 0. The Morgan fingerprint density at radius 2 is 2.40 bits per heavy atom. The minimum absolute atomic E-state index is 0.350. The number of hydrogen-bond donors (Lipinski definition) is 2. The molecule has 56 valence electrons. The molecule has 4 nitrogen and oxygen atoms in total. The van der Waals surface area contributed by atoms with E-state index in [0.717, 1.165) is 0 Å². The van der Waals surface area contributed by atoms with Gasteiger partial charge in [-0.25, -0.2) is 0 Å². The van der Waals surface area contributed by atoms with Gasteiger partial charge in [0.1, 0.15) is 5.92 Å². The van der Waals surface area contributed by atoms with Crippen molar-refractivity contribution in [3.63, 3.8) is 0 Å². The minimum Gasteiger partial charge on any atom is -0.480 e. The van der Waals surface area contributed by atoms with Gasteiger partial charge >= 0.3 is 5.97 Å². The molecule has 1 unspecified atom stereocenters. The van der Waals surface area contributed by atoms with Crippen LogP contribution in [0.25, 0.3) is 0 Å². The first-order chi connectivity index (χ1) is 4.72. The lowest BCUT2D eigenvalue weighted by Crippen LogP contribution is -2.13. The number of carboxylic acid groups (broad SMARTS) is 1. The van der Waals surface area contributed by atoms with Crippen LogP contribution in [0.3, 0.4) is 0 Å². The van der Waals surface area contributed by atoms with Crippen molar-refractivity contribution in [3.8, 4) is 6.07 Å². The van der Waals surface area contributed by atoms with E-state index in [1.807, 2.05) is 0 Å². The van der Waals surface area contributed by atoms with Gasteiger partial charge in [0.15, 0.2) is 0 Å². The summed E-state index contributed by atoms with van der Waals surface area (Å²) < 4.78 is 0. The standard InChI is InChI=1S/C6H10N2O2/c7-3-1-2-5(4-8)6(9)10/h5H,1-3,7H2,(H,9,10). The largest absolute Gasteiger partial charge is 0.480 e. The Balaban J connectivity index is 3.64. The Morgan fingerprint density at radius 1 is 1.80 bits per heavy atom. The molecule has 0 aliphatic heterocycles. The quantitative estimate of drug-likeness (QED) is 0.576. The van der Waals surface area contributed by atoms with Crippen molar-refractivity contribution in [3.05, 3.63) is 0 Å². The number of rotatable bonds is 4. The van der Waals surface area contributed by atoms with Gasteiger partial charge in [-0.2, -0.15) is 5.26 Å². The summed E-state index contributed by atoms with van der Waals surface area (Å²) in [4.78, 5) is 10.2. The second-order valence-corrected chi connectivity index (χ2v) is 1.95. The molecule has 0 fully saturated rings. The van der Waals surface area contributed by atoms with E-state index in [4.69, 9.17) is 16.1 Å². The number of hydrogen-bond acceptors (Lipinski definition) is 3. The molecule has 0 saturated heterocycles. The van der Waals surface area contributed by atoms with Gasteiger partial charge in [0, 0.05) is 0 Å². The molecule has 0 bridgehead atoms. The SMILES string of the molecule is N#CC(CCCN)C(=O)O. The molecule has 4 heteroatoms.